The van der Waals surface area contributed by atoms with E-state index in [0.717, 1.165) is 38.8 Å². The summed E-state index contributed by atoms with van der Waals surface area (Å²) in [4.78, 5) is 5.28. The van der Waals surface area contributed by atoms with E-state index in [9.17, 15) is 0 Å². The van der Waals surface area contributed by atoms with Crippen molar-refractivity contribution in [1.82, 2.24) is 9.55 Å². The predicted octanol–water partition coefficient (Wildman–Crippen LogP) is 11.8. The van der Waals surface area contributed by atoms with E-state index in [1.165, 1.54) is 32.8 Å². The zero-order chi connectivity index (χ0) is 31.7. The molecule has 0 fully saturated rings. The Morgan fingerprint density at radius 1 is 0.543 bits per heavy atom. The topological polar surface area (TPSA) is 31.0 Å². The van der Waals surface area contributed by atoms with Crippen molar-refractivity contribution in [2.24, 2.45) is 0 Å². The maximum absolute atomic E-state index is 6.10. The van der Waals surface area contributed by atoms with Gasteiger partial charge in [0.15, 0.2) is 0 Å². The molecule has 3 aromatic heterocycles. The van der Waals surface area contributed by atoms with Crippen molar-refractivity contribution in [2.45, 2.75) is 58.2 Å². The second-order valence-electron chi connectivity index (χ2n) is 13.9. The monoisotopic (exact) mass is 616 g/mol. The number of para-hydroxylation sites is 2. The predicted molar refractivity (Wildman–Crippen MR) is 199 cm³/mol. The van der Waals surface area contributed by atoms with Gasteiger partial charge in [0.1, 0.15) is 17.0 Å². The molecule has 0 aliphatic carbocycles. The Morgan fingerprint density at radius 3 is 1.93 bits per heavy atom. The summed E-state index contributed by atoms with van der Waals surface area (Å²) < 4.78 is 8.42. The van der Waals surface area contributed by atoms with Gasteiger partial charge in [0, 0.05) is 26.9 Å². The highest BCUT2D eigenvalue weighted by Crippen LogP contribution is 2.42. The second kappa shape index (κ2) is 10.7. The number of benzene rings is 5. The molecule has 8 aromatic rings. The lowest BCUT2D eigenvalue weighted by Crippen LogP contribution is -2.55. The normalized spacial score (nSPS) is 12.7. The Hall–Kier alpha value is -4.67. The summed E-state index contributed by atoms with van der Waals surface area (Å²) >= 11 is 0. The van der Waals surface area contributed by atoms with Crippen molar-refractivity contribution >= 4 is 67.9 Å². The first-order valence-electron chi connectivity index (χ1n) is 16.6. The van der Waals surface area contributed by atoms with Crippen LogP contribution in [0.15, 0.2) is 120 Å². The molecule has 0 bridgehead atoms. The van der Waals surface area contributed by atoms with Crippen molar-refractivity contribution in [3.63, 3.8) is 0 Å². The van der Waals surface area contributed by atoms with E-state index in [0.29, 0.717) is 16.6 Å². The smallest absolute Gasteiger partial charge is 0.138 e. The van der Waals surface area contributed by atoms with Crippen LogP contribution in [0.3, 0.4) is 0 Å². The van der Waals surface area contributed by atoms with Crippen LogP contribution in [0.25, 0.3) is 71.6 Å². The van der Waals surface area contributed by atoms with Crippen molar-refractivity contribution in [1.29, 1.82) is 0 Å². The van der Waals surface area contributed by atoms with E-state index in [2.05, 4.69) is 149 Å². The number of rotatable bonds is 6. The summed E-state index contributed by atoms with van der Waals surface area (Å²) in [6, 6.07) is 41.9. The molecule has 0 saturated carbocycles. The maximum atomic E-state index is 6.10. The number of furan rings is 1. The van der Waals surface area contributed by atoms with Gasteiger partial charge >= 0.3 is 0 Å². The molecule has 46 heavy (non-hydrogen) atoms. The highest BCUT2D eigenvalue weighted by molar-refractivity contribution is 6.95. The third-order valence-corrected chi connectivity index (χ3v) is 17.7. The minimum absolute atomic E-state index is 0.667. The lowest BCUT2D eigenvalue weighted by molar-refractivity contribution is 0.669. The average molecular weight is 617 g/mol. The Kier molecular flexibility index (Phi) is 6.70. The standard InChI is InChI=1S/C42H40N2OSi/c1-26(2)46(27(3)4,28(5)6)32-18-19-37-31(23-32)17-22-42(43-37)44-38-13-9-7-11-33(38)35-24-29(15-20-39(35)44)30-16-21-41-36(25-30)34-12-8-10-14-40(34)45-41/h7-28H,1-6H3. The SMILES string of the molecule is CC(C)[Si](c1ccc2nc(-n3c4ccccc4c4cc(-c5ccc6oc7ccccc7c6c5)ccc43)ccc2c1)(C(C)C)C(C)C. The number of hydrogen-bond acceptors (Lipinski definition) is 2. The van der Waals surface area contributed by atoms with Gasteiger partial charge < -0.3 is 4.42 Å². The first-order valence-corrected chi connectivity index (χ1v) is 18.9. The molecule has 0 aliphatic heterocycles. The van der Waals surface area contributed by atoms with E-state index in [1.54, 1.807) is 5.19 Å². The van der Waals surface area contributed by atoms with Crippen molar-refractivity contribution in [2.75, 3.05) is 0 Å². The minimum Gasteiger partial charge on any atom is -0.456 e. The van der Waals surface area contributed by atoms with Crippen LogP contribution in [0.4, 0.5) is 0 Å². The fourth-order valence-corrected chi connectivity index (χ4v) is 15.6. The third-order valence-electron chi connectivity index (χ3n) is 10.7. The Balaban J connectivity index is 1.26. The van der Waals surface area contributed by atoms with Gasteiger partial charge in [-0.3, -0.25) is 4.57 Å². The molecule has 5 aromatic carbocycles. The van der Waals surface area contributed by atoms with Crippen LogP contribution in [0.5, 0.6) is 0 Å². The number of aromatic nitrogens is 2. The first kappa shape index (κ1) is 28.8. The molecule has 0 spiro atoms. The Bertz CT molecular complexity index is 2400. The molecule has 4 heteroatoms. The average Bonchev–Trinajstić information content (AvgIpc) is 3.59. The van der Waals surface area contributed by atoms with Gasteiger partial charge in [-0.25, -0.2) is 4.98 Å². The fourth-order valence-electron chi connectivity index (χ4n) is 8.81. The molecule has 0 saturated heterocycles. The number of fused-ring (bicyclic) bond motifs is 7. The molecular weight excluding hydrogens is 577 g/mol. The highest BCUT2D eigenvalue weighted by atomic mass is 28.3. The molecule has 8 rings (SSSR count). The van der Waals surface area contributed by atoms with Gasteiger partial charge in [0.2, 0.25) is 0 Å². The van der Waals surface area contributed by atoms with Crippen LogP contribution in [0, 0.1) is 0 Å². The molecule has 0 amide bonds. The van der Waals surface area contributed by atoms with E-state index in [4.69, 9.17) is 9.40 Å². The number of nitrogens with zero attached hydrogens (tertiary/aromatic N) is 2. The molecular formula is C42H40N2OSi. The summed E-state index contributed by atoms with van der Waals surface area (Å²) in [5, 5.41) is 7.54. The number of pyridine rings is 1. The molecule has 0 aliphatic rings. The zero-order valence-electron chi connectivity index (χ0n) is 27.5. The molecule has 0 atom stereocenters. The molecule has 228 valence electrons. The lowest BCUT2D eigenvalue weighted by atomic mass is 10.0. The van der Waals surface area contributed by atoms with Crippen LogP contribution in [-0.4, -0.2) is 17.6 Å². The molecule has 0 unspecified atom stereocenters. The van der Waals surface area contributed by atoms with E-state index >= 15 is 0 Å². The van der Waals surface area contributed by atoms with Gasteiger partial charge in [0.05, 0.1) is 24.6 Å². The minimum atomic E-state index is -1.76. The molecule has 0 radical (unpaired) electrons. The van der Waals surface area contributed by atoms with Gasteiger partial charge in [-0.1, -0.05) is 107 Å². The van der Waals surface area contributed by atoms with Crippen LogP contribution >= 0.6 is 0 Å². The van der Waals surface area contributed by atoms with Gasteiger partial charge in [-0.05, 0) is 82.3 Å². The van der Waals surface area contributed by atoms with Crippen LogP contribution in [0.2, 0.25) is 16.6 Å². The Labute approximate surface area is 271 Å². The highest BCUT2D eigenvalue weighted by Gasteiger charge is 2.44. The summed E-state index contributed by atoms with van der Waals surface area (Å²) in [5.41, 5.74) is 9.59. The number of hydrogen-bond donors (Lipinski definition) is 0. The summed E-state index contributed by atoms with van der Waals surface area (Å²) in [5.74, 6) is 0.950. The summed E-state index contributed by atoms with van der Waals surface area (Å²) in [7, 11) is -1.76. The molecule has 3 heterocycles. The van der Waals surface area contributed by atoms with Gasteiger partial charge in [-0.15, -0.1) is 0 Å². The van der Waals surface area contributed by atoms with Crippen LogP contribution in [0.1, 0.15) is 41.5 Å². The van der Waals surface area contributed by atoms with Crippen molar-refractivity contribution in [3.8, 4) is 16.9 Å². The quantitative estimate of drug-likeness (QED) is 0.174. The first-order chi connectivity index (χ1) is 22.3. The third kappa shape index (κ3) is 4.20. The maximum Gasteiger partial charge on any atom is 0.138 e. The summed E-state index contributed by atoms with van der Waals surface area (Å²) in [6.07, 6.45) is 0. The molecule has 0 N–H and O–H groups in total. The van der Waals surface area contributed by atoms with E-state index in [-0.39, 0.29) is 0 Å². The van der Waals surface area contributed by atoms with Gasteiger partial charge in [0.25, 0.3) is 0 Å². The Morgan fingerprint density at radius 2 is 1.17 bits per heavy atom. The van der Waals surface area contributed by atoms with E-state index < -0.39 is 8.07 Å². The summed E-state index contributed by atoms with van der Waals surface area (Å²) in [6.45, 7) is 14.6. The lowest BCUT2D eigenvalue weighted by Gasteiger charge is -2.43. The largest absolute Gasteiger partial charge is 0.456 e. The molecule has 3 nitrogen and oxygen atoms in total. The van der Waals surface area contributed by atoms with Crippen LogP contribution < -0.4 is 5.19 Å². The van der Waals surface area contributed by atoms with Gasteiger partial charge in [-0.2, -0.15) is 0 Å². The van der Waals surface area contributed by atoms with Crippen molar-refractivity contribution in [3.05, 3.63) is 115 Å². The zero-order valence-corrected chi connectivity index (χ0v) is 28.5. The fraction of sp³-hybridized carbons (Fsp3) is 0.214. The van der Waals surface area contributed by atoms with E-state index in [1.807, 2.05) is 12.1 Å². The van der Waals surface area contributed by atoms with Crippen LogP contribution in [-0.2, 0) is 0 Å². The van der Waals surface area contributed by atoms with Crippen molar-refractivity contribution < 1.29 is 4.42 Å². The second-order valence-corrected chi connectivity index (χ2v) is 19.8.